The number of carbonyl (C=O) groups is 2. The van der Waals surface area contributed by atoms with Crippen molar-refractivity contribution < 1.29 is 23.6 Å². The van der Waals surface area contributed by atoms with Crippen LogP contribution in [-0.2, 0) is 25.6 Å². The molecule has 9 heteroatoms. The molecule has 1 aliphatic rings. The summed E-state index contributed by atoms with van der Waals surface area (Å²) >= 11 is 1.20. The van der Waals surface area contributed by atoms with Gasteiger partial charge in [0.15, 0.2) is 5.13 Å². The van der Waals surface area contributed by atoms with E-state index in [4.69, 9.17) is 9.57 Å². The number of oxime groups is 1. The zero-order valence-electron chi connectivity index (χ0n) is 13.9. The van der Waals surface area contributed by atoms with Crippen LogP contribution in [-0.4, -0.2) is 35.3 Å². The second-order valence-corrected chi connectivity index (χ2v) is 6.32. The van der Waals surface area contributed by atoms with E-state index in [1.807, 2.05) is 0 Å². The summed E-state index contributed by atoms with van der Waals surface area (Å²) in [7, 11) is 0. The molecular formula is C17H16FN3O4S. The molecule has 0 unspecified atom stereocenters. The third-order valence-corrected chi connectivity index (χ3v) is 4.34. The summed E-state index contributed by atoms with van der Waals surface area (Å²) in [4.78, 5) is 33.1. The lowest BCUT2D eigenvalue weighted by atomic mass is 10.0. The summed E-state index contributed by atoms with van der Waals surface area (Å²) in [5.41, 5.74) is 1.60. The van der Waals surface area contributed by atoms with Gasteiger partial charge in [0, 0.05) is 17.4 Å². The van der Waals surface area contributed by atoms with E-state index >= 15 is 0 Å². The lowest BCUT2D eigenvalue weighted by molar-refractivity contribution is -0.142. The number of esters is 1. The van der Waals surface area contributed by atoms with Gasteiger partial charge in [-0.05, 0) is 19.1 Å². The highest BCUT2D eigenvalue weighted by Gasteiger charge is 2.29. The normalized spacial score (nSPS) is 15.9. The van der Waals surface area contributed by atoms with Gasteiger partial charge in [0.25, 0.3) is 5.91 Å². The Bertz CT molecular complexity index is 852. The summed E-state index contributed by atoms with van der Waals surface area (Å²) in [6.45, 7) is 2.03. The predicted octanol–water partition coefficient (Wildman–Crippen LogP) is 2.52. The van der Waals surface area contributed by atoms with Crippen molar-refractivity contribution >= 4 is 34.1 Å². The van der Waals surface area contributed by atoms with Gasteiger partial charge in [0.05, 0.1) is 24.4 Å². The lowest BCUT2D eigenvalue weighted by Gasteiger charge is -2.07. The van der Waals surface area contributed by atoms with Crippen molar-refractivity contribution in [1.82, 2.24) is 4.98 Å². The highest BCUT2D eigenvalue weighted by molar-refractivity contribution is 7.13. The number of hydrogen-bond acceptors (Lipinski definition) is 7. The molecule has 0 spiro atoms. The molecule has 1 amide bonds. The maximum absolute atomic E-state index is 13.3. The van der Waals surface area contributed by atoms with Crippen molar-refractivity contribution in [3.63, 3.8) is 0 Å². The van der Waals surface area contributed by atoms with Gasteiger partial charge < -0.3 is 9.57 Å². The van der Waals surface area contributed by atoms with Crippen LogP contribution in [0.15, 0.2) is 34.8 Å². The van der Waals surface area contributed by atoms with E-state index < -0.39 is 12.0 Å². The monoisotopic (exact) mass is 377 g/mol. The molecule has 7 nitrogen and oxygen atoms in total. The Hall–Kier alpha value is -2.81. The SMILES string of the molecule is CCOC(=O)Cc1csc(NC(=O)[C@H]2CC(c3cccc(F)c3)=NO2)n1. The molecule has 0 radical (unpaired) electrons. The van der Waals surface area contributed by atoms with Gasteiger partial charge in [-0.25, -0.2) is 9.37 Å². The van der Waals surface area contributed by atoms with Gasteiger partial charge >= 0.3 is 5.97 Å². The van der Waals surface area contributed by atoms with Crippen molar-refractivity contribution in [3.05, 3.63) is 46.7 Å². The van der Waals surface area contributed by atoms with Crippen LogP contribution >= 0.6 is 11.3 Å². The molecule has 1 atom stereocenters. The van der Waals surface area contributed by atoms with E-state index in [9.17, 15) is 14.0 Å². The molecule has 136 valence electrons. The fourth-order valence-electron chi connectivity index (χ4n) is 2.35. The van der Waals surface area contributed by atoms with Gasteiger partial charge in [0.2, 0.25) is 6.10 Å². The fraction of sp³-hybridized carbons (Fsp3) is 0.294. The molecule has 1 aromatic carbocycles. The average Bonchev–Trinajstić information content (AvgIpc) is 3.25. The van der Waals surface area contributed by atoms with Crippen molar-refractivity contribution in [2.75, 3.05) is 11.9 Å². The Labute approximate surface area is 152 Å². The third kappa shape index (κ3) is 4.42. The van der Waals surface area contributed by atoms with Crippen LogP contribution in [0.25, 0.3) is 0 Å². The molecule has 1 aromatic heterocycles. The van der Waals surface area contributed by atoms with E-state index in [0.717, 1.165) is 0 Å². The van der Waals surface area contributed by atoms with Crippen LogP contribution in [0.3, 0.4) is 0 Å². The minimum Gasteiger partial charge on any atom is -0.466 e. The maximum atomic E-state index is 13.3. The zero-order chi connectivity index (χ0) is 18.5. The number of thiazole rings is 1. The Kier molecular flexibility index (Phi) is 5.57. The number of ether oxygens (including phenoxy) is 1. The molecule has 2 heterocycles. The largest absolute Gasteiger partial charge is 0.466 e. The molecule has 0 fully saturated rings. The molecule has 1 N–H and O–H groups in total. The Balaban J connectivity index is 1.55. The molecule has 0 aliphatic carbocycles. The zero-order valence-corrected chi connectivity index (χ0v) is 14.7. The van der Waals surface area contributed by atoms with E-state index in [-0.39, 0.29) is 24.6 Å². The number of benzene rings is 1. The van der Waals surface area contributed by atoms with Crippen molar-refractivity contribution in [3.8, 4) is 0 Å². The minimum absolute atomic E-state index is 0.0486. The van der Waals surface area contributed by atoms with Crippen LogP contribution < -0.4 is 5.32 Å². The summed E-state index contributed by atoms with van der Waals surface area (Å²) in [5.74, 6) is -1.16. The van der Waals surface area contributed by atoms with E-state index in [1.165, 1.54) is 23.5 Å². The van der Waals surface area contributed by atoms with Gasteiger partial charge in [-0.1, -0.05) is 17.3 Å². The number of carbonyl (C=O) groups excluding carboxylic acids is 2. The summed E-state index contributed by atoms with van der Waals surface area (Å²) in [6.07, 6.45) is -0.533. The number of hydrogen-bond donors (Lipinski definition) is 1. The van der Waals surface area contributed by atoms with E-state index in [0.29, 0.717) is 28.7 Å². The predicted molar refractivity (Wildman–Crippen MR) is 93.5 cm³/mol. The third-order valence-electron chi connectivity index (χ3n) is 3.53. The first-order chi connectivity index (χ1) is 12.5. The number of nitrogens with one attached hydrogen (secondary N) is 1. The number of nitrogens with zero attached hydrogens (tertiary/aromatic N) is 2. The number of halogens is 1. The first-order valence-electron chi connectivity index (χ1n) is 7.94. The molecule has 0 bridgehead atoms. The minimum atomic E-state index is -0.814. The fourth-order valence-corrected chi connectivity index (χ4v) is 3.06. The topological polar surface area (TPSA) is 89.9 Å². The smallest absolute Gasteiger partial charge is 0.311 e. The number of aromatic nitrogens is 1. The molecule has 0 saturated heterocycles. The summed E-state index contributed by atoms with van der Waals surface area (Å²) in [5, 5.41) is 8.54. The first-order valence-corrected chi connectivity index (χ1v) is 8.82. The molecular weight excluding hydrogens is 361 g/mol. The van der Waals surface area contributed by atoms with Crippen LogP contribution in [0.2, 0.25) is 0 Å². The van der Waals surface area contributed by atoms with Gasteiger partial charge in [-0.15, -0.1) is 11.3 Å². The summed E-state index contributed by atoms with van der Waals surface area (Å²) in [6, 6.07) is 5.95. The summed E-state index contributed by atoms with van der Waals surface area (Å²) < 4.78 is 18.1. The molecule has 2 aromatic rings. The van der Waals surface area contributed by atoms with Crippen LogP contribution in [0, 0.1) is 5.82 Å². The van der Waals surface area contributed by atoms with Crippen LogP contribution in [0.4, 0.5) is 9.52 Å². The van der Waals surface area contributed by atoms with Gasteiger partial charge in [0.1, 0.15) is 5.82 Å². The Morgan fingerprint density at radius 2 is 2.31 bits per heavy atom. The standard InChI is InChI=1S/C17H16FN3O4S/c1-2-24-15(22)7-12-9-26-17(19-12)20-16(23)14-8-13(21-25-14)10-4-3-5-11(18)6-10/h3-6,9,14H,2,7-8H2,1H3,(H,19,20,23)/t14-/m1/s1. The van der Waals surface area contributed by atoms with Gasteiger partial charge in [-0.2, -0.15) is 0 Å². The Morgan fingerprint density at radius 3 is 3.08 bits per heavy atom. The van der Waals surface area contributed by atoms with Crippen LogP contribution in [0.1, 0.15) is 24.6 Å². The molecule has 0 saturated carbocycles. The quantitative estimate of drug-likeness (QED) is 0.782. The molecule has 3 rings (SSSR count). The second kappa shape index (κ2) is 8.05. The highest BCUT2D eigenvalue weighted by atomic mass is 32.1. The lowest BCUT2D eigenvalue weighted by Crippen LogP contribution is -2.28. The van der Waals surface area contributed by atoms with E-state index in [2.05, 4.69) is 15.5 Å². The Morgan fingerprint density at radius 1 is 1.46 bits per heavy atom. The van der Waals surface area contributed by atoms with E-state index in [1.54, 1.807) is 24.4 Å². The van der Waals surface area contributed by atoms with Crippen LogP contribution in [0.5, 0.6) is 0 Å². The highest BCUT2D eigenvalue weighted by Crippen LogP contribution is 2.21. The first kappa shape index (κ1) is 18.0. The average molecular weight is 377 g/mol. The number of amides is 1. The number of rotatable bonds is 6. The van der Waals surface area contributed by atoms with Crippen molar-refractivity contribution in [2.24, 2.45) is 5.16 Å². The molecule has 26 heavy (non-hydrogen) atoms. The van der Waals surface area contributed by atoms with Crippen molar-refractivity contribution in [2.45, 2.75) is 25.9 Å². The second-order valence-electron chi connectivity index (χ2n) is 5.46. The maximum Gasteiger partial charge on any atom is 0.311 e. The number of anilines is 1. The molecule has 1 aliphatic heterocycles. The van der Waals surface area contributed by atoms with Gasteiger partial charge in [-0.3, -0.25) is 14.9 Å². The van der Waals surface area contributed by atoms with Crippen molar-refractivity contribution in [1.29, 1.82) is 0 Å².